The number of sulfone groups is 1. The first-order valence-corrected chi connectivity index (χ1v) is 7.90. The lowest BCUT2D eigenvalue weighted by Crippen LogP contribution is -2.30. The van der Waals surface area contributed by atoms with Crippen LogP contribution < -0.4 is 16.2 Å². The summed E-state index contributed by atoms with van der Waals surface area (Å²) in [5.74, 6) is -0.00648. The van der Waals surface area contributed by atoms with Crippen molar-refractivity contribution in [3.63, 3.8) is 0 Å². The van der Waals surface area contributed by atoms with Crippen molar-refractivity contribution in [1.29, 1.82) is 0 Å². The fourth-order valence-corrected chi connectivity index (χ4v) is 2.23. The molecule has 1 rings (SSSR count). The maximum absolute atomic E-state index is 11.8. The Morgan fingerprint density at radius 2 is 2.16 bits per heavy atom. The first-order chi connectivity index (χ1) is 8.89. The molecular formula is C11H20N4O3S. The molecule has 0 radical (unpaired) electrons. The minimum absolute atomic E-state index is 0.0685. The monoisotopic (exact) mass is 288 g/mol. The molecule has 0 saturated carbocycles. The highest BCUT2D eigenvalue weighted by Gasteiger charge is 2.09. The maximum atomic E-state index is 11.8. The van der Waals surface area contributed by atoms with Crippen LogP contribution in [-0.4, -0.2) is 49.8 Å². The Balaban J connectivity index is 2.81. The Hall–Kier alpha value is -1.41. The molecule has 0 aromatic carbocycles. The summed E-state index contributed by atoms with van der Waals surface area (Å²) >= 11 is 0. The van der Waals surface area contributed by atoms with Crippen LogP contribution in [0, 0.1) is 0 Å². The van der Waals surface area contributed by atoms with Crippen molar-refractivity contribution in [1.82, 2.24) is 9.78 Å². The van der Waals surface area contributed by atoms with Crippen molar-refractivity contribution in [3.8, 4) is 0 Å². The van der Waals surface area contributed by atoms with E-state index in [-0.39, 0.29) is 23.6 Å². The van der Waals surface area contributed by atoms with Crippen molar-refractivity contribution in [2.45, 2.75) is 13.5 Å². The van der Waals surface area contributed by atoms with E-state index in [4.69, 9.17) is 5.73 Å². The van der Waals surface area contributed by atoms with Gasteiger partial charge in [0.15, 0.2) is 9.84 Å². The normalized spacial score (nSPS) is 11.5. The lowest BCUT2D eigenvalue weighted by molar-refractivity contribution is 0.571. The van der Waals surface area contributed by atoms with E-state index < -0.39 is 9.84 Å². The van der Waals surface area contributed by atoms with Gasteiger partial charge in [-0.1, -0.05) is 6.92 Å². The van der Waals surface area contributed by atoms with Crippen LogP contribution in [0.4, 0.5) is 5.69 Å². The third-order valence-corrected chi connectivity index (χ3v) is 4.50. The number of hydrogen-bond acceptors (Lipinski definition) is 6. The third kappa shape index (κ3) is 4.64. The molecule has 108 valence electrons. The van der Waals surface area contributed by atoms with Crippen molar-refractivity contribution in [2.75, 3.05) is 36.5 Å². The summed E-state index contributed by atoms with van der Waals surface area (Å²) in [5, 5.41) is 3.98. The van der Waals surface area contributed by atoms with Crippen LogP contribution in [0.2, 0.25) is 0 Å². The lowest BCUT2D eigenvalue weighted by Gasteiger charge is -2.17. The largest absolute Gasteiger partial charge is 0.372 e. The Bertz CT molecular complexity index is 568. The Morgan fingerprint density at radius 3 is 2.68 bits per heavy atom. The summed E-state index contributed by atoms with van der Waals surface area (Å²) in [4.78, 5) is 13.6. The summed E-state index contributed by atoms with van der Waals surface area (Å²) in [6.45, 7) is 2.76. The Morgan fingerprint density at radius 1 is 1.47 bits per heavy atom. The van der Waals surface area contributed by atoms with Gasteiger partial charge in [0.2, 0.25) is 0 Å². The zero-order valence-electron chi connectivity index (χ0n) is 11.2. The van der Waals surface area contributed by atoms with E-state index in [9.17, 15) is 13.2 Å². The number of hydrogen-bond donors (Lipinski definition) is 1. The molecule has 2 N–H and O–H groups in total. The van der Waals surface area contributed by atoms with Gasteiger partial charge in [-0.25, -0.2) is 13.1 Å². The van der Waals surface area contributed by atoms with Gasteiger partial charge in [0.05, 0.1) is 24.2 Å². The second kappa shape index (κ2) is 6.67. The molecule has 0 aliphatic heterocycles. The number of nitrogens with zero attached hydrogens (tertiary/aromatic N) is 3. The van der Waals surface area contributed by atoms with Gasteiger partial charge in [-0.2, -0.15) is 5.10 Å². The molecule has 7 nitrogen and oxygen atoms in total. The van der Waals surface area contributed by atoms with Crippen LogP contribution in [0.15, 0.2) is 17.1 Å². The number of nitrogens with two attached hydrogens (primary N) is 1. The minimum atomic E-state index is -3.10. The highest BCUT2D eigenvalue weighted by atomic mass is 32.2. The molecule has 0 amide bonds. The van der Waals surface area contributed by atoms with Crippen LogP contribution in [-0.2, 0) is 16.4 Å². The first-order valence-electron chi connectivity index (χ1n) is 6.08. The fourth-order valence-electron chi connectivity index (χ4n) is 1.49. The molecule has 1 aromatic rings. The highest BCUT2D eigenvalue weighted by molar-refractivity contribution is 7.91. The number of aromatic nitrogens is 2. The van der Waals surface area contributed by atoms with Crippen molar-refractivity contribution < 1.29 is 8.42 Å². The smallest absolute Gasteiger partial charge is 0.268 e. The van der Waals surface area contributed by atoms with E-state index in [1.807, 2.05) is 11.9 Å². The molecule has 1 heterocycles. The Labute approximate surface area is 112 Å². The van der Waals surface area contributed by atoms with Gasteiger partial charge in [-0.05, 0) is 0 Å². The molecular weight excluding hydrogens is 268 g/mol. The summed E-state index contributed by atoms with van der Waals surface area (Å²) in [6.07, 6.45) is 1.54. The van der Waals surface area contributed by atoms with E-state index in [1.165, 1.54) is 12.3 Å². The molecule has 0 unspecified atom stereocenters. The van der Waals surface area contributed by atoms with Crippen LogP contribution in [0.1, 0.15) is 6.92 Å². The second-order valence-corrected chi connectivity index (χ2v) is 6.69. The summed E-state index contributed by atoms with van der Waals surface area (Å²) in [6, 6.07) is 1.43. The molecule has 0 fully saturated rings. The molecule has 0 atom stereocenters. The zero-order valence-corrected chi connectivity index (χ0v) is 12.1. The zero-order chi connectivity index (χ0) is 14.5. The molecule has 0 bridgehead atoms. The van der Waals surface area contributed by atoms with E-state index in [0.29, 0.717) is 18.8 Å². The van der Waals surface area contributed by atoms with Gasteiger partial charge < -0.3 is 10.6 Å². The third-order valence-electron chi connectivity index (χ3n) is 2.81. The molecule has 8 heteroatoms. The molecule has 0 aliphatic carbocycles. The minimum Gasteiger partial charge on any atom is -0.372 e. The highest BCUT2D eigenvalue weighted by Crippen LogP contribution is 2.05. The molecule has 0 spiro atoms. The van der Waals surface area contributed by atoms with Gasteiger partial charge in [-0.15, -0.1) is 0 Å². The number of aryl methyl sites for hydroxylation is 1. The standard InChI is InChI=1S/C11H20N4O3S/c1-3-19(17,18)7-6-15-11(16)8-10(9-13-15)14(2)5-4-12/h8-9H,3-7,12H2,1-2H3. The van der Waals surface area contributed by atoms with Gasteiger partial charge >= 0.3 is 0 Å². The van der Waals surface area contributed by atoms with E-state index in [2.05, 4.69) is 5.10 Å². The van der Waals surface area contributed by atoms with Crippen LogP contribution in [0.25, 0.3) is 0 Å². The number of likely N-dealkylation sites (N-methyl/N-ethyl adjacent to an activating group) is 1. The number of anilines is 1. The summed E-state index contributed by atoms with van der Waals surface area (Å²) < 4.78 is 23.9. The lowest BCUT2D eigenvalue weighted by atomic mass is 10.4. The average Bonchev–Trinajstić information content (AvgIpc) is 2.37. The van der Waals surface area contributed by atoms with Crippen LogP contribution >= 0.6 is 0 Å². The summed E-state index contributed by atoms with van der Waals surface area (Å²) in [7, 11) is -1.28. The predicted octanol–water partition coefficient (Wildman–Crippen LogP) is -0.927. The van der Waals surface area contributed by atoms with Gasteiger partial charge in [0.25, 0.3) is 5.56 Å². The van der Waals surface area contributed by atoms with E-state index in [1.54, 1.807) is 6.92 Å². The maximum Gasteiger partial charge on any atom is 0.268 e. The predicted molar refractivity (Wildman–Crippen MR) is 75.1 cm³/mol. The van der Waals surface area contributed by atoms with Crippen molar-refractivity contribution in [2.24, 2.45) is 5.73 Å². The topological polar surface area (TPSA) is 98.3 Å². The van der Waals surface area contributed by atoms with Gasteiger partial charge in [0.1, 0.15) is 0 Å². The average molecular weight is 288 g/mol. The molecule has 0 saturated heterocycles. The van der Waals surface area contributed by atoms with Crippen LogP contribution in [0.5, 0.6) is 0 Å². The molecule has 1 aromatic heterocycles. The van der Waals surface area contributed by atoms with E-state index >= 15 is 0 Å². The van der Waals surface area contributed by atoms with Gasteiger partial charge in [0, 0.05) is 32.0 Å². The quantitative estimate of drug-likeness (QED) is 0.696. The fraction of sp³-hybridized carbons (Fsp3) is 0.636. The Kier molecular flexibility index (Phi) is 5.49. The van der Waals surface area contributed by atoms with Crippen LogP contribution in [0.3, 0.4) is 0 Å². The second-order valence-electron chi connectivity index (χ2n) is 4.22. The van der Waals surface area contributed by atoms with Crippen molar-refractivity contribution in [3.05, 3.63) is 22.6 Å². The first kappa shape index (κ1) is 15.6. The van der Waals surface area contributed by atoms with Gasteiger partial charge in [-0.3, -0.25) is 4.79 Å². The molecule has 0 aliphatic rings. The number of rotatable bonds is 7. The van der Waals surface area contributed by atoms with E-state index in [0.717, 1.165) is 4.68 Å². The SMILES string of the molecule is CCS(=O)(=O)CCn1ncc(N(C)CCN)cc1=O. The molecule has 19 heavy (non-hydrogen) atoms. The summed E-state index contributed by atoms with van der Waals surface area (Å²) in [5.41, 5.74) is 5.79. The van der Waals surface area contributed by atoms with Crippen molar-refractivity contribution >= 4 is 15.5 Å².